The van der Waals surface area contributed by atoms with Gasteiger partial charge in [0.25, 0.3) is 5.91 Å². The van der Waals surface area contributed by atoms with E-state index in [9.17, 15) is 9.59 Å². The predicted molar refractivity (Wildman–Crippen MR) is 119 cm³/mol. The van der Waals surface area contributed by atoms with Gasteiger partial charge in [-0.15, -0.1) is 11.3 Å². The highest BCUT2D eigenvalue weighted by Gasteiger charge is 2.23. The van der Waals surface area contributed by atoms with Crippen LogP contribution >= 0.6 is 11.3 Å². The maximum atomic E-state index is 12.7. The zero-order valence-corrected chi connectivity index (χ0v) is 18.7. The molecule has 1 N–H and O–H groups in total. The summed E-state index contributed by atoms with van der Waals surface area (Å²) in [7, 11) is 0. The third kappa shape index (κ3) is 4.51. The number of anilines is 1. The lowest BCUT2D eigenvalue weighted by atomic mass is 10.1. The van der Waals surface area contributed by atoms with Crippen molar-refractivity contribution in [1.29, 1.82) is 0 Å². The van der Waals surface area contributed by atoms with Crippen molar-refractivity contribution in [1.82, 2.24) is 0 Å². The van der Waals surface area contributed by atoms with Crippen molar-refractivity contribution < 1.29 is 23.5 Å². The van der Waals surface area contributed by atoms with Gasteiger partial charge in [0.1, 0.15) is 23.1 Å². The summed E-state index contributed by atoms with van der Waals surface area (Å²) in [5.74, 6) is 0.644. The van der Waals surface area contributed by atoms with E-state index in [0.29, 0.717) is 16.3 Å². The van der Waals surface area contributed by atoms with Gasteiger partial charge in [-0.05, 0) is 81.0 Å². The average molecular weight is 440 g/mol. The summed E-state index contributed by atoms with van der Waals surface area (Å²) < 4.78 is 16.6. The number of benzene rings is 1. The molecule has 0 bridgehead atoms. The summed E-state index contributed by atoms with van der Waals surface area (Å²) in [4.78, 5) is 25.9. The first-order valence-electron chi connectivity index (χ1n) is 10.4. The molecule has 0 atom stereocenters. The third-order valence-corrected chi connectivity index (χ3v) is 6.55. The van der Waals surface area contributed by atoms with Gasteiger partial charge >= 0.3 is 5.97 Å². The highest BCUT2D eigenvalue weighted by molar-refractivity contribution is 7.16. The second-order valence-electron chi connectivity index (χ2n) is 7.50. The Morgan fingerprint density at radius 2 is 1.94 bits per heavy atom. The molecule has 1 aliphatic rings. The zero-order chi connectivity index (χ0) is 22.0. The lowest BCUT2D eigenvalue weighted by Crippen LogP contribution is -2.14. The van der Waals surface area contributed by atoms with Gasteiger partial charge in [-0.1, -0.05) is 6.07 Å². The minimum absolute atomic E-state index is 0.158. The summed E-state index contributed by atoms with van der Waals surface area (Å²) >= 11 is 1.34. The predicted octanol–water partition coefficient (Wildman–Crippen LogP) is 5.45. The minimum atomic E-state index is -0.442. The molecule has 31 heavy (non-hydrogen) atoms. The number of rotatable bonds is 7. The normalized spacial score (nSPS) is 12.5. The molecule has 0 saturated heterocycles. The van der Waals surface area contributed by atoms with Crippen LogP contribution in [0, 0.1) is 13.8 Å². The van der Waals surface area contributed by atoms with Crippen LogP contribution in [0.15, 0.2) is 34.7 Å². The number of esters is 1. The van der Waals surface area contributed by atoms with Gasteiger partial charge < -0.3 is 19.2 Å². The summed E-state index contributed by atoms with van der Waals surface area (Å²) in [6.45, 7) is 6.00. The zero-order valence-electron chi connectivity index (χ0n) is 17.9. The number of amides is 1. The van der Waals surface area contributed by atoms with Crippen molar-refractivity contribution in [2.45, 2.75) is 46.6 Å². The molecule has 3 aromatic rings. The Labute approximate surface area is 185 Å². The lowest BCUT2D eigenvalue weighted by Gasteiger charge is -2.07. The summed E-state index contributed by atoms with van der Waals surface area (Å²) in [6, 6.07) is 9.49. The first-order chi connectivity index (χ1) is 15.0. The minimum Gasteiger partial charge on any atom is -0.486 e. The van der Waals surface area contributed by atoms with Crippen LogP contribution in [0.4, 0.5) is 5.00 Å². The highest BCUT2D eigenvalue weighted by Crippen LogP contribution is 2.33. The van der Waals surface area contributed by atoms with Crippen molar-refractivity contribution in [2.75, 3.05) is 11.9 Å². The van der Waals surface area contributed by atoms with E-state index < -0.39 is 11.9 Å². The molecule has 7 heteroatoms. The number of thiophene rings is 1. The molecule has 0 spiro atoms. The van der Waals surface area contributed by atoms with Gasteiger partial charge in [-0.25, -0.2) is 4.79 Å². The molecule has 6 nitrogen and oxygen atoms in total. The van der Waals surface area contributed by atoms with Crippen molar-refractivity contribution in [2.24, 2.45) is 0 Å². The molecule has 4 rings (SSSR count). The molecule has 0 unspecified atom stereocenters. The van der Waals surface area contributed by atoms with Gasteiger partial charge in [0.15, 0.2) is 5.76 Å². The van der Waals surface area contributed by atoms with Crippen LogP contribution in [0.5, 0.6) is 5.75 Å². The van der Waals surface area contributed by atoms with E-state index >= 15 is 0 Å². The molecule has 162 valence electrons. The number of aryl methyl sites for hydroxylation is 3. The first-order valence-corrected chi connectivity index (χ1v) is 11.2. The Bertz CT molecular complexity index is 1130. The SMILES string of the molecule is CCOC(=O)c1c(NC(=O)c2ccc(COc3ccc4c(c3)CCC4)o2)sc(C)c1C. The maximum absolute atomic E-state index is 12.7. The molecule has 0 radical (unpaired) electrons. The molecule has 1 aliphatic carbocycles. The Morgan fingerprint density at radius 3 is 2.74 bits per heavy atom. The van der Waals surface area contributed by atoms with Gasteiger partial charge in [0, 0.05) is 4.88 Å². The molecule has 0 saturated carbocycles. The number of hydrogen-bond acceptors (Lipinski definition) is 6. The van der Waals surface area contributed by atoms with Crippen molar-refractivity contribution in [3.05, 3.63) is 69.0 Å². The van der Waals surface area contributed by atoms with Crippen molar-refractivity contribution in [3.63, 3.8) is 0 Å². The van der Waals surface area contributed by atoms with Crippen LogP contribution in [0.1, 0.15) is 61.6 Å². The fourth-order valence-corrected chi connectivity index (χ4v) is 4.74. The largest absolute Gasteiger partial charge is 0.486 e. The van der Waals surface area contributed by atoms with Gasteiger partial charge in [0.2, 0.25) is 0 Å². The number of carbonyl (C=O) groups excluding carboxylic acids is 2. The number of furan rings is 1. The second-order valence-corrected chi connectivity index (χ2v) is 8.73. The fourth-order valence-electron chi connectivity index (χ4n) is 3.70. The van der Waals surface area contributed by atoms with E-state index in [1.807, 2.05) is 19.9 Å². The van der Waals surface area contributed by atoms with Gasteiger partial charge in [0.05, 0.1) is 12.2 Å². The molecular weight excluding hydrogens is 414 g/mol. The molecule has 2 aromatic heterocycles. The number of hydrogen-bond donors (Lipinski definition) is 1. The Hall–Kier alpha value is -3.06. The number of carbonyl (C=O) groups is 2. The molecule has 0 aliphatic heterocycles. The number of ether oxygens (including phenoxy) is 2. The lowest BCUT2D eigenvalue weighted by molar-refractivity contribution is 0.0527. The Balaban J connectivity index is 1.42. The Kier molecular flexibility index (Phi) is 6.13. The van der Waals surface area contributed by atoms with Crippen LogP contribution < -0.4 is 10.1 Å². The van der Waals surface area contributed by atoms with E-state index in [0.717, 1.165) is 29.0 Å². The van der Waals surface area contributed by atoms with E-state index in [2.05, 4.69) is 17.4 Å². The summed E-state index contributed by atoms with van der Waals surface area (Å²) in [6.07, 6.45) is 3.41. The van der Waals surface area contributed by atoms with E-state index in [1.165, 1.54) is 28.9 Å². The maximum Gasteiger partial charge on any atom is 0.341 e. The summed E-state index contributed by atoms with van der Waals surface area (Å²) in [5, 5.41) is 3.25. The molecule has 1 aromatic carbocycles. The van der Waals surface area contributed by atoms with Crippen molar-refractivity contribution >= 4 is 28.2 Å². The topological polar surface area (TPSA) is 77.8 Å². The van der Waals surface area contributed by atoms with E-state index in [-0.39, 0.29) is 19.0 Å². The monoisotopic (exact) mass is 439 g/mol. The van der Waals surface area contributed by atoms with E-state index in [1.54, 1.807) is 19.1 Å². The summed E-state index contributed by atoms with van der Waals surface area (Å²) in [5.41, 5.74) is 3.94. The number of nitrogens with one attached hydrogen (secondary N) is 1. The second kappa shape index (κ2) is 8.98. The van der Waals surface area contributed by atoms with Gasteiger partial charge in [-0.3, -0.25) is 4.79 Å². The molecule has 1 amide bonds. The fraction of sp³-hybridized carbons (Fsp3) is 0.333. The molecule has 2 heterocycles. The first kappa shape index (κ1) is 21.2. The smallest absolute Gasteiger partial charge is 0.341 e. The Morgan fingerprint density at radius 1 is 1.13 bits per heavy atom. The van der Waals surface area contributed by atoms with Crippen LogP contribution in [0.2, 0.25) is 0 Å². The standard InChI is InChI=1S/C24H25NO5S/c1-4-28-24(27)21-14(2)15(3)31-23(21)25-22(26)20-11-10-19(30-20)13-29-18-9-8-16-6-5-7-17(16)12-18/h8-12H,4-7,13H2,1-3H3,(H,25,26). The van der Waals surface area contributed by atoms with Gasteiger partial charge in [-0.2, -0.15) is 0 Å². The van der Waals surface area contributed by atoms with Crippen LogP contribution in [-0.4, -0.2) is 18.5 Å². The van der Waals surface area contributed by atoms with E-state index in [4.69, 9.17) is 13.9 Å². The van der Waals surface area contributed by atoms with Crippen LogP contribution in [0.3, 0.4) is 0 Å². The molecular formula is C24H25NO5S. The van der Waals surface area contributed by atoms with Crippen molar-refractivity contribution in [3.8, 4) is 5.75 Å². The third-order valence-electron chi connectivity index (χ3n) is 5.43. The van der Waals surface area contributed by atoms with Crippen LogP contribution in [-0.2, 0) is 24.2 Å². The van der Waals surface area contributed by atoms with Crippen LogP contribution in [0.25, 0.3) is 0 Å². The number of fused-ring (bicyclic) bond motifs is 1. The average Bonchev–Trinajstić information content (AvgIpc) is 3.46. The highest BCUT2D eigenvalue weighted by atomic mass is 32.1. The molecule has 0 fully saturated rings. The quantitative estimate of drug-likeness (QED) is 0.495.